The molecule has 0 bridgehead atoms. The van der Waals surface area contributed by atoms with Gasteiger partial charge in [0.15, 0.2) is 0 Å². The Morgan fingerprint density at radius 3 is 1.25 bits per heavy atom. The number of ether oxygens (including phenoxy) is 2. The van der Waals surface area contributed by atoms with Gasteiger partial charge in [-0.25, -0.2) is 9.59 Å². The average molecular weight is 743 g/mol. The molecule has 0 unspecified atom stereocenters. The third-order valence-electron chi connectivity index (χ3n) is 7.91. The quantitative estimate of drug-likeness (QED) is 0.225. The van der Waals surface area contributed by atoms with E-state index in [9.17, 15) is 45.5 Å². The monoisotopic (exact) mass is 742 g/mol. The lowest BCUT2D eigenvalue weighted by molar-refractivity contribution is -0.140. The highest BCUT2D eigenvalue weighted by molar-refractivity contribution is 7.99. The zero-order chi connectivity index (χ0) is 37.3. The van der Waals surface area contributed by atoms with Crippen molar-refractivity contribution in [2.75, 3.05) is 65.6 Å². The summed E-state index contributed by atoms with van der Waals surface area (Å²) < 4.78 is 94.8. The Balaban J connectivity index is 1.46. The lowest BCUT2D eigenvalue weighted by atomic mass is 10.1. The van der Waals surface area contributed by atoms with Crippen molar-refractivity contribution in [1.29, 1.82) is 0 Å². The Labute approximate surface area is 294 Å². The van der Waals surface area contributed by atoms with Crippen LogP contribution >= 0.6 is 11.8 Å². The van der Waals surface area contributed by atoms with Gasteiger partial charge >= 0.3 is 24.5 Å². The van der Waals surface area contributed by atoms with Crippen LogP contribution in [0, 0.1) is 0 Å². The van der Waals surface area contributed by atoms with Crippen molar-refractivity contribution in [3.63, 3.8) is 0 Å². The molecule has 2 aromatic carbocycles. The Morgan fingerprint density at radius 2 is 0.941 bits per heavy atom. The summed E-state index contributed by atoms with van der Waals surface area (Å²) in [5.41, 5.74) is -2.35. The van der Waals surface area contributed by atoms with E-state index in [1.165, 1.54) is 43.9 Å². The molecular formula is C34H36F6N4O6S. The molecule has 0 aliphatic carbocycles. The molecule has 0 saturated carbocycles. The fraction of sp³-hybridized carbons (Fsp3) is 0.412. The Kier molecular flexibility index (Phi) is 13.1. The van der Waals surface area contributed by atoms with Crippen LogP contribution < -0.4 is 0 Å². The number of nitrogens with zero attached hydrogens (tertiary/aromatic N) is 4. The van der Waals surface area contributed by atoms with Crippen molar-refractivity contribution >= 4 is 47.9 Å². The molecule has 4 rings (SSSR count). The summed E-state index contributed by atoms with van der Waals surface area (Å²) in [7, 11) is 0. The summed E-state index contributed by atoms with van der Waals surface area (Å²) in [6.07, 6.45) is -6.28. The highest BCUT2D eigenvalue weighted by atomic mass is 32.2. The highest BCUT2D eigenvalue weighted by Gasteiger charge is 2.37. The molecule has 2 aliphatic rings. The van der Waals surface area contributed by atoms with E-state index in [0.717, 1.165) is 36.4 Å². The molecule has 2 heterocycles. The number of carbonyl (C=O) groups is 4. The topological polar surface area (TPSA) is 99.7 Å². The number of piperazine rings is 2. The zero-order valence-electron chi connectivity index (χ0n) is 27.8. The molecule has 17 heteroatoms. The van der Waals surface area contributed by atoms with Gasteiger partial charge in [-0.2, -0.15) is 26.3 Å². The minimum Gasteiger partial charge on any atom is -0.450 e. The van der Waals surface area contributed by atoms with E-state index in [0.29, 0.717) is 11.8 Å². The molecule has 0 N–H and O–H groups in total. The maximum absolute atomic E-state index is 14.2. The number of benzene rings is 2. The largest absolute Gasteiger partial charge is 0.450 e. The fourth-order valence-electron chi connectivity index (χ4n) is 5.24. The number of rotatable bonds is 8. The molecule has 0 radical (unpaired) electrons. The van der Waals surface area contributed by atoms with Crippen LogP contribution in [0.5, 0.6) is 0 Å². The van der Waals surface area contributed by atoms with Crippen LogP contribution in [-0.4, -0.2) is 109 Å². The van der Waals surface area contributed by atoms with E-state index in [4.69, 9.17) is 9.47 Å². The molecule has 0 aromatic heterocycles. The van der Waals surface area contributed by atoms with Gasteiger partial charge < -0.3 is 29.1 Å². The van der Waals surface area contributed by atoms with Crippen LogP contribution in [0.15, 0.2) is 58.3 Å². The Morgan fingerprint density at radius 1 is 0.608 bits per heavy atom. The summed E-state index contributed by atoms with van der Waals surface area (Å²) >= 11 is 0.295. The minimum atomic E-state index is -4.93. The summed E-state index contributed by atoms with van der Waals surface area (Å²) in [5, 5.41) is 0. The van der Waals surface area contributed by atoms with E-state index < -0.39 is 57.3 Å². The van der Waals surface area contributed by atoms with Crippen molar-refractivity contribution in [3.8, 4) is 0 Å². The number of hydrogen-bond acceptors (Lipinski definition) is 7. The van der Waals surface area contributed by atoms with Gasteiger partial charge in [0.25, 0.3) is 0 Å². The lowest BCUT2D eigenvalue weighted by Gasteiger charge is -2.33. The zero-order valence-corrected chi connectivity index (χ0v) is 28.6. The van der Waals surface area contributed by atoms with E-state index in [1.54, 1.807) is 13.8 Å². The van der Waals surface area contributed by atoms with Gasteiger partial charge in [0.1, 0.15) is 0 Å². The SMILES string of the molecule is CCOC(=O)N1CCN(C(=O)/C=C/c2ccc(Sc3ccc(/C=C/C(=O)N4CCN(C(=O)OCC)CC4)cc3C(F)(F)F)c(C(F)(F)F)c2)CC1. The first-order valence-electron chi connectivity index (χ1n) is 16.0. The molecule has 2 aromatic rings. The molecule has 0 spiro atoms. The number of amides is 4. The van der Waals surface area contributed by atoms with Crippen LogP contribution in [0.25, 0.3) is 12.2 Å². The number of hydrogen-bond donors (Lipinski definition) is 0. The van der Waals surface area contributed by atoms with E-state index in [1.807, 2.05) is 0 Å². The summed E-state index contributed by atoms with van der Waals surface area (Å²) in [6, 6.07) is 6.14. The molecule has 4 amide bonds. The fourth-order valence-corrected chi connectivity index (χ4v) is 6.31. The van der Waals surface area contributed by atoms with Crippen molar-refractivity contribution in [2.24, 2.45) is 0 Å². The number of halogens is 6. The molecule has 2 fully saturated rings. The second kappa shape index (κ2) is 17.0. The van der Waals surface area contributed by atoms with Gasteiger partial charge in [0.2, 0.25) is 11.8 Å². The smallest absolute Gasteiger partial charge is 0.417 e. The highest BCUT2D eigenvalue weighted by Crippen LogP contribution is 2.44. The van der Waals surface area contributed by atoms with E-state index >= 15 is 0 Å². The summed E-state index contributed by atoms with van der Waals surface area (Å²) in [6.45, 7) is 5.48. The van der Waals surface area contributed by atoms with Gasteiger partial charge in [-0.3, -0.25) is 9.59 Å². The van der Waals surface area contributed by atoms with E-state index in [2.05, 4.69) is 0 Å². The second-order valence-electron chi connectivity index (χ2n) is 11.3. The second-order valence-corrected chi connectivity index (χ2v) is 12.4. The maximum atomic E-state index is 14.2. The minimum absolute atomic E-state index is 0.00804. The van der Waals surface area contributed by atoms with Crippen molar-refractivity contribution in [2.45, 2.75) is 36.0 Å². The Bertz CT molecular complexity index is 1530. The summed E-state index contributed by atoms with van der Waals surface area (Å²) in [5.74, 6) is -0.958. The predicted molar refractivity (Wildman–Crippen MR) is 175 cm³/mol. The molecule has 2 saturated heterocycles. The maximum Gasteiger partial charge on any atom is 0.417 e. The van der Waals surface area contributed by atoms with Crippen molar-refractivity contribution in [3.05, 3.63) is 70.8 Å². The number of carbonyl (C=O) groups excluding carboxylic acids is 4. The molecule has 276 valence electrons. The molecular weight excluding hydrogens is 706 g/mol. The van der Waals surface area contributed by atoms with Crippen molar-refractivity contribution < 1.29 is 55.0 Å². The first-order chi connectivity index (χ1) is 24.1. The van der Waals surface area contributed by atoms with Crippen LogP contribution in [-0.2, 0) is 31.4 Å². The van der Waals surface area contributed by atoms with Crippen LogP contribution in [0.3, 0.4) is 0 Å². The molecule has 51 heavy (non-hydrogen) atoms. The normalized spacial score (nSPS) is 15.8. The average Bonchev–Trinajstić information content (AvgIpc) is 3.09. The lowest BCUT2D eigenvalue weighted by Crippen LogP contribution is -2.50. The van der Waals surface area contributed by atoms with Crippen LogP contribution in [0.4, 0.5) is 35.9 Å². The first kappa shape index (κ1) is 39.1. The van der Waals surface area contributed by atoms with Gasteiger partial charge in [-0.05, 0) is 61.4 Å². The standard InChI is InChI=1S/C34H36F6N4O6S/c1-3-49-31(47)43-17-13-41(14-18-43)29(45)11-7-23-5-9-27(25(21-23)33(35,36)37)51-28-10-6-24(22-26(28)34(38,39)40)8-12-30(46)42-15-19-44(20-16-42)32(48)50-4-2/h5-12,21-22H,3-4,13-20H2,1-2H3/b11-7+,12-8+. The van der Waals surface area contributed by atoms with Gasteiger partial charge in [-0.15, -0.1) is 0 Å². The Hall–Kier alpha value is -4.67. The van der Waals surface area contributed by atoms with Gasteiger partial charge in [0.05, 0.1) is 24.3 Å². The van der Waals surface area contributed by atoms with Crippen molar-refractivity contribution in [1.82, 2.24) is 19.6 Å². The van der Waals surface area contributed by atoms with Crippen LogP contribution in [0.2, 0.25) is 0 Å². The van der Waals surface area contributed by atoms with Gasteiger partial charge in [-0.1, -0.05) is 23.9 Å². The molecule has 10 nitrogen and oxygen atoms in total. The predicted octanol–water partition coefficient (Wildman–Crippen LogP) is 6.50. The molecule has 0 atom stereocenters. The van der Waals surface area contributed by atoms with E-state index in [-0.39, 0.29) is 76.7 Å². The molecule has 2 aliphatic heterocycles. The first-order valence-corrected chi connectivity index (χ1v) is 16.8. The third kappa shape index (κ3) is 10.7. The van der Waals surface area contributed by atoms with Gasteiger partial charge in [0, 0.05) is 74.3 Å². The van der Waals surface area contributed by atoms with Crippen LogP contribution in [0.1, 0.15) is 36.1 Å². The summed E-state index contributed by atoms with van der Waals surface area (Å²) in [4.78, 5) is 53.9. The number of alkyl halides is 6. The third-order valence-corrected chi connectivity index (χ3v) is 9.06.